The van der Waals surface area contributed by atoms with Gasteiger partial charge in [-0.05, 0) is 51.6 Å². The first-order chi connectivity index (χ1) is 9.75. The number of hydrogen-bond acceptors (Lipinski definition) is 3. The van der Waals surface area contributed by atoms with Gasteiger partial charge in [0, 0.05) is 17.6 Å². The van der Waals surface area contributed by atoms with Gasteiger partial charge in [0.1, 0.15) is 0 Å². The number of aliphatic hydroxyl groups is 1. The molecule has 0 heterocycles. The van der Waals surface area contributed by atoms with Crippen LogP contribution in [0.1, 0.15) is 25.3 Å². The van der Waals surface area contributed by atoms with Gasteiger partial charge in [0.15, 0.2) is 0 Å². The maximum absolute atomic E-state index is 12.5. The zero-order valence-electron chi connectivity index (χ0n) is 12.8. The van der Waals surface area contributed by atoms with Crippen LogP contribution in [0.3, 0.4) is 0 Å². The van der Waals surface area contributed by atoms with E-state index in [0.717, 1.165) is 22.9 Å². The van der Waals surface area contributed by atoms with Gasteiger partial charge >= 0.3 is 0 Å². The summed E-state index contributed by atoms with van der Waals surface area (Å²) in [6.07, 6.45) is 1.74. The molecular weight excluding hydrogens is 332 g/mol. The maximum Gasteiger partial charge on any atom is 0.230 e. The second kappa shape index (κ2) is 6.07. The summed E-state index contributed by atoms with van der Waals surface area (Å²) in [7, 11) is 3.81. The van der Waals surface area contributed by atoms with Crippen LogP contribution >= 0.6 is 15.9 Å². The van der Waals surface area contributed by atoms with E-state index in [4.69, 9.17) is 0 Å². The average molecular weight is 355 g/mol. The van der Waals surface area contributed by atoms with Crippen LogP contribution in [0.4, 0.5) is 0 Å². The molecule has 0 aliphatic heterocycles. The number of likely N-dealkylation sites (N-methyl/N-ethyl adjacent to an activating group) is 1. The van der Waals surface area contributed by atoms with Crippen LogP contribution in [0, 0.1) is 0 Å². The Morgan fingerprint density at radius 1 is 1.38 bits per heavy atom. The van der Waals surface area contributed by atoms with Crippen molar-refractivity contribution < 1.29 is 9.90 Å². The van der Waals surface area contributed by atoms with Crippen molar-refractivity contribution in [2.45, 2.75) is 30.8 Å². The first kappa shape index (κ1) is 16.5. The van der Waals surface area contributed by atoms with Gasteiger partial charge in [-0.25, -0.2) is 0 Å². The lowest BCUT2D eigenvalue weighted by atomic mass is 9.94. The van der Waals surface area contributed by atoms with Crippen molar-refractivity contribution in [1.82, 2.24) is 10.2 Å². The SMILES string of the molecule is CN(C)CC(C)(O)CNC(=O)C1(c2ccc(Br)cc2)CC1. The molecule has 0 spiro atoms. The quantitative estimate of drug-likeness (QED) is 0.820. The summed E-state index contributed by atoms with van der Waals surface area (Å²) >= 11 is 3.41. The van der Waals surface area contributed by atoms with Crippen LogP contribution < -0.4 is 5.32 Å². The zero-order valence-corrected chi connectivity index (χ0v) is 14.4. The van der Waals surface area contributed by atoms with E-state index in [1.165, 1.54) is 0 Å². The molecule has 1 aromatic rings. The van der Waals surface area contributed by atoms with Crippen LogP contribution in [0.15, 0.2) is 28.7 Å². The van der Waals surface area contributed by atoms with Gasteiger partial charge in [-0.15, -0.1) is 0 Å². The molecule has 1 aromatic carbocycles. The molecule has 21 heavy (non-hydrogen) atoms. The Morgan fingerprint density at radius 3 is 2.43 bits per heavy atom. The Labute approximate surface area is 134 Å². The predicted molar refractivity (Wildman–Crippen MR) is 87.2 cm³/mol. The van der Waals surface area contributed by atoms with Crippen molar-refractivity contribution in [3.05, 3.63) is 34.3 Å². The number of nitrogens with one attached hydrogen (secondary N) is 1. The van der Waals surface area contributed by atoms with Crippen molar-refractivity contribution >= 4 is 21.8 Å². The maximum atomic E-state index is 12.5. The minimum atomic E-state index is -0.922. The monoisotopic (exact) mass is 354 g/mol. The Morgan fingerprint density at radius 2 is 1.95 bits per heavy atom. The number of rotatable bonds is 6. The van der Waals surface area contributed by atoms with E-state index in [1.54, 1.807) is 6.92 Å². The topological polar surface area (TPSA) is 52.6 Å². The van der Waals surface area contributed by atoms with Crippen molar-refractivity contribution in [3.8, 4) is 0 Å². The van der Waals surface area contributed by atoms with Crippen LogP contribution in [0.2, 0.25) is 0 Å². The Kier molecular flexibility index (Phi) is 4.76. The van der Waals surface area contributed by atoms with Gasteiger partial charge in [-0.3, -0.25) is 4.79 Å². The molecule has 2 rings (SSSR count). The molecule has 1 aliphatic carbocycles. The number of amides is 1. The summed E-state index contributed by atoms with van der Waals surface area (Å²) in [6.45, 7) is 2.52. The molecule has 0 saturated heterocycles. The van der Waals surface area contributed by atoms with Crippen LogP contribution in [-0.4, -0.2) is 48.7 Å². The van der Waals surface area contributed by atoms with E-state index < -0.39 is 11.0 Å². The number of carbonyl (C=O) groups is 1. The normalized spacial score (nSPS) is 19.1. The van der Waals surface area contributed by atoms with Gasteiger partial charge in [-0.2, -0.15) is 0 Å². The molecule has 1 atom stereocenters. The molecule has 116 valence electrons. The minimum absolute atomic E-state index is 0.0175. The third kappa shape index (κ3) is 4.05. The largest absolute Gasteiger partial charge is 0.387 e. The van der Waals surface area contributed by atoms with Gasteiger partial charge in [-0.1, -0.05) is 28.1 Å². The van der Waals surface area contributed by atoms with Crippen LogP contribution in [0.5, 0.6) is 0 Å². The molecule has 2 N–H and O–H groups in total. The number of halogens is 1. The van der Waals surface area contributed by atoms with Crippen molar-refractivity contribution in [3.63, 3.8) is 0 Å². The molecule has 0 bridgehead atoms. The second-order valence-electron chi connectivity index (χ2n) is 6.51. The third-order valence-corrected chi connectivity index (χ3v) is 4.40. The third-order valence-electron chi connectivity index (χ3n) is 3.87. The van der Waals surface area contributed by atoms with Crippen molar-refractivity contribution in [2.75, 3.05) is 27.2 Å². The fraction of sp³-hybridized carbons (Fsp3) is 0.562. The molecular formula is C16H23BrN2O2. The smallest absolute Gasteiger partial charge is 0.230 e. The summed E-state index contributed by atoms with van der Waals surface area (Å²) in [5.41, 5.74) is -0.264. The summed E-state index contributed by atoms with van der Waals surface area (Å²) in [5, 5.41) is 13.2. The number of hydrogen-bond donors (Lipinski definition) is 2. The van der Waals surface area contributed by atoms with Crippen molar-refractivity contribution in [2.24, 2.45) is 0 Å². The molecule has 1 unspecified atom stereocenters. The van der Waals surface area contributed by atoms with E-state index in [0.29, 0.717) is 6.54 Å². The average Bonchev–Trinajstić information content (AvgIpc) is 3.17. The molecule has 4 nitrogen and oxygen atoms in total. The molecule has 5 heteroatoms. The van der Waals surface area contributed by atoms with E-state index in [9.17, 15) is 9.90 Å². The lowest BCUT2D eigenvalue weighted by Gasteiger charge is -2.28. The van der Waals surface area contributed by atoms with E-state index in [1.807, 2.05) is 43.3 Å². The highest BCUT2D eigenvalue weighted by Gasteiger charge is 2.51. The lowest BCUT2D eigenvalue weighted by molar-refractivity contribution is -0.124. The van der Waals surface area contributed by atoms with Gasteiger partial charge in [0.2, 0.25) is 5.91 Å². The molecule has 1 fully saturated rings. The van der Waals surface area contributed by atoms with Crippen molar-refractivity contribution in [1.29, 1.82) is 0 Å². The van der Waals surface area contributed by atoms with E-state index in [2.05, 4.69) is 21.2 Å². The van der Waals surface area contributed by atoms with Crippen LogP contribution in [0.25, 0.3) is 0 Å². The van der Waals surface area contributed by atoms with Crippen LogP contribution in [-0.2, 0) is 10.2 Å². The molecule has 1 aliphatic rings. The van der Waals surface area contributed by atoms with Gasteiger partial charge in [0.25, 0.3) is 0 Å². The summed E-state index contributed by atoms with van der Waals surface area (Å²) in [5.74, 6) is 0.0175. The number of benzene rings is 1. The van der Waals surface area contributed by atoms with Gasteiger partial charge < -0.3 is 15.3 Å². The van der Waals surface area contributed by atoms with Gasteiger partial charge in [0.05, 0.1) is 11.0 Å². The Hall–Kier alpha value is -0.910. The van der Waals surface area contributed by atoms with E-state index >= 15 is 0 Å². The summed E-state index contributed by atoms with van der Waals surface area (Å²) in [6, 6.07) is 7.92. The minimum Gasteiger partial charge on any atom is -0.387 e. The molecule has 1 saturated carbocycles. The zero-order chi connectivity index (χ0) is 15.7. The first-order valence-corrected chi connectivity index (χ1v) is 7.96. The summed E-state index contributed by atoms with van der Waals surface area (Å²) < 4.78 is 1.01. The fourth-order valence-corrected chi connectivity index (χ4v) is 2.98. The lowest BCUT2D eigenvalue weighted by Crippen LogP contribution is -2.49. The fourth-order valence-electron chi connectivity index (χ4n) is 2.72. The number of nitrogens with zero attached hydrogens (tertiary/aromatic N) is 1. The molecule has 0 aromatic heterocycles. The Bertz CT molecular complexity index is 508. The first-order valence-electron chi connectivity index (χ1n) is 7.17. The second-order valence-corrected chi connectivity index (χ2v) is 7.42. The highest BCUT2D eigenvalue weighted by molar-refractivity contribution is 9.10. The van der Waals surface area contributed by atoms with E-state index in [-0.39, 0.29) is 12.5 Å². The highest BCUT2D eigenvalue weighted by atomic mass is 79.9. The molecule has 0 radical (unpaired) electrons. The standard InChI is InChI=1S/C16H23BrN2O2/c1-15(21,11-19(2)3)10-18-14(20)16(8-9-16)12-4-6-13(17)7-5-12/h4-7,21H,8-11H2,1-3H3,(H,18,20). The summed E-state index contributed by atoms with van der Waals surface area (Å²) in [4.78, 5) is 14.4. The predicted octanol–water partition coefficient (Wildman–Crippen LogP) is 1.91. The number of carbonyl (C=O) groups excluding carboxylic acids is 1. The Balaban J connectivity index is 1.99. The molecule has 1 amide bonds. The highest BCUT2D eigenvalue weighted by Crippen LogP contribution is 2.48.